The minimum Gasteiger partial charge on any atom is -0.440 e. The van der Waals surface area contributed by atoms with E-state index in [1.807, 2.05) is 60.7 Å². The summed E-state index contributed by atoms with van der Waals surface area (Å²) in [6.45, 7) is 1.77. The van der Waals surface area contributed by atoms with Gasteiger partial charge in [-0.05, 0) is 187 Å². The van der Waals surface area contributed by atoms with Crippen LogP contribution >= 0.6 is 0 Å². The van der Waals surface area contributed by atoms with E-state index in [1.165, 1.54) is 161 Å². The van der Waals surface area contributed by atoms with E-state index >= 15 is 0 Å². The van der Waals surface area contributed by atoms with Crippen LogP contribution in [0.2, 0.25) is 0 Å². The number of aryl methyl sites for hydroxylation is 1. The fraction of sp³-hybridized carbons (Fsp3) is 0.0854. The standard InChI is InChI=1S/C18H16O3S.C17H12F4N2O2S.C16H12FNO4S.C16H14N2O3S.C15H11FN2O4S/c1-22(20,21)15-9-7-13(8-10-15)16-11-12-17(19)18(16)14-5-3-2-4-6-14;1-26(24,25)14-8-6-13(7-9-14)23-15(10-16(22-23)17(19,20)21)11-2-4-12(18)5-3-11;1-23(20,21)14-8-2-11(3-9-14)15-10-22-16(19)18(15)13-6-4-12(17)5-7-13;1-11-18-15(12-5-3-2-4-6-12)16(21-11)13-7-9-14(10-8-13)22(17,19)20;16-11-3-5-12(6-4-11)18-14(9-22-15(18)19)10-1-7-13(8-2-10)23(17,20)21/h2-10H,11-12H2,1H3;2-10H,1H3;2-10H,1H3;2-10H,1H3,(H2,17,19,20);1-9H,(H2,17,20,21). The van der Waals surface area contributed by atoms with E-state index in [-0.39, 0.29) is 36.7 Å². The highest BCUT2D eigenvalue weighted by molar-refractivity contribution is 7.91. The molecule has 1 aliphatic rings. The minimum absolute atomic E-state index is 0.0350. The summed E-state index contributed by atoms with van der Waals surface area (Å²) in [7, 11) is -17.4. The average Bonchev–Trinajstić information content (AvgIpc) is 1.64. The molecule has 14 aromatic rings. The van der Waals surface area contributed by atoms with E-state index in [1.54, 1.807) is 55.5 Å². The second kappa shape index (κ2) is 34.6. The molecular formula is C82H65F6N7O16S5. The zero-order chi connectivity index (χ0) is 83.8. The molecular weight excluding hydrogens is 1610 g/mol. The second-order valence-corrected chi connectivity index (χ2v) is 34.8. The van der Waals surface area contributed by atoms with Gasteiger partial charge >= 0.3 is 17.7 Å². The van der Waals surface area contributed by atoms with Crippen LogP contribution < -0.4 is 21.8 Å². The van der Waals surface area contributed by atoms with E-state index in [2.05, 4.69) is 10.1 Å². The largest absolute Gasteiger partial charge is 0.440 e. The molecule has 34 heteroatoms. The zero-order valence-corrected chi connectivity index (χ0v) is 65.2. The lowest BCUT2D eigenvalue weighted by atomic mass is 9.97. The Morgan fingerprint density at radius 1 is 0.397 bits per heavy atom. The van der Waals surface area contributed by atoms with Crippen molar-refractivity contribution in [3.8, 4) is 73.4 Å². The van der Waals surface area contributed by atoms with E-state index in [9.17, 15) is 82.8 Å². The number of ketones is 1. The summed E-state index contributed by atoms with van der Waals surface area (Å²) < 4.78 is 212. The van der Waals surface area contributed by atoms with Gasteiger partial charge in [0.15, 0.2) is 52.6 Å². The van der Waals surface area contributed by atoms with Crippen LogP contribution in [-0.4, -0.2) is 90.5 Å². The Hall–Kier alpha value is -12.7. The van der Waals surface area contributed by atoms with Crippen LogP contribution in [0.15, 0.2) is 321 Å². The Labute approximate surface area is 660 Å². The number of hydrogen-bond donors (Lipinski definition) is 2. The number of carbonyl (C=O) groups is 1. The molecule has 0 fully saturated rings. The van der Waals surface area contributed by atoms with Crippen molar-refractivity contribution in [1.29, 1.82) is 0 Å². The molecule has 4 aromatic heterocycles. The number of aromatic nitrogens is 5. The predicted octanol–water partition coefficient (Wildman–Crippen LogP) is 15.0. The number of carbonyl (C=O) groups excluding carboxylic acids is 1. The molecule has 0 spiro atoms. The monoisotopic (exact) mass is 1680 g/mol. The maximum absolute atomic E-state index is 13.1. The van der Waals surface area contributed by atoms with Gasteiger partial charge in [0.05, 0.1) is 58.6 Å². The molecule has 4 heterocycles. The first-order valence-corrected chi connectivity index (χ1v) is 42.8. The number of benzene rings is 10. The lowest BCUT2D eigenvalue weighted by molar-refractivity contribution is -0.141. The van der Waals surface area contributed by atoms with Crippen LogP contribution in [0.4, 0.5) is 26.3 Å². The lowest BCUT2D eigenvalue weighted by Gasteiger charge is -2.08. The molecule has 0 amide bonds. The molecule has 0 unspecified atom stereocenters. The lowest BCUT2D eigenvalue weighted by Crippen LogP contribution is -2.13. The summed E-state index contributed by atoms with van der Waals surface area (Å²) in [6.07, 6.45) is 2.41. The van der Waals surface area contributed by atoms with Crippen molar-refractivity contribution in [2.45, 2.75) is 50.4 Å². The third-order valence-corrected chi connectivity index (χ3v) is 22.6. The molecule has 116 heavy (non-hydrogen) atoms. The summed E-state index contributed by atoms with van der Waals surface area (Å²) >= 11 is 0. The summed E-state index contributed by atoms with van der Waals surface area (Å²) in [6, 6.07) is 65.8. The van der Waals surface area contributed by atoms with E-state index in [0.29, 0.717) is 68.8 Å². The van der Waals surface area contributed by atoms with Crippen molar-refractivity contribution in [3.05, 3.63) is 335 Å². The fourth-order valence-corrected chi connectivity index (χ4v) is 14.7. The smallest absolute Gasteiger partial charge is 0.435 e. The van der Waals surface area contributed by atoms with Crippen molar-refractivity contribution in [2.24, 2.45) is 10.3 Å². The second-order valence-electron chi connectivity index (χ2n) is 25.6. The number of oxazole rings is 3. The Kier molecular flexibility index (Phi) is 25.1. The molecule has 23 nitrogen and oxygen atoms in total. The molecule has 0 saturated carbocycles. The van der Waals surface area contributed by atoms with Crippen molar-refractivity contribution in [2.75, 3.05) is 18.8 Å². The van der Waals surface area contributed by atoms with E-state index < -0.39 is 90.4 Å². The van der Waals surface area contributed by atoms with Crippen LogP contribution in [0.5, 0.6) is 0 Å². The van der Waals surface area contributed by atoms with Gasteiger partial charge in [0, 0.05) is 65.5 Å². The highest BCUT2D eigenvalue weighted by Gasteiger charge is 2.36. The van der Waals surface area contributed by atoms with Gasteiger partial charge in [-0.25, -0.2) is 93.9 Å². The summed E-state index contributed by atoms with van der Waals surface area (Å²) in [4.78, 5) is 41.0. The Morgan fingerprint density at radius 3 is 1.14 bits per heavy atom. The molecule has 15 rings (SSSR count). The number of nitrogens with zero attached hydrogens (tertiary/aromatic N) is 5. The van der Waals surface area contributed by atoms with Gasteiger partial charge < -0.3 is 13.3 Å². The quantitative estimate of drug-likeness (QED) is 0.0900. The molecule has 0 radical (unpaired) electrons. The topological polar surface area (TPSA) is 354 Å². The number of nitrogens with two attached hydrogens (primary N) is 2. The minimum atomic E-state index is -4.66. The number of halogens is 6. The molecule has 0 bridgehead atoms. The molecule has 0 atom stereocenters. The summed E-state index contributed by atoms with van der Waals surface area (Å²) in [5.41, 5.74) is 8.45. The first kappa shape index (κ1) is 84.2. The maximum atomic E-state index is 13.1. The molecule has 0 saturated heterocycles. The highest BCUT2D eigenvalue weighted by Crippen LogP contribution is 2.39. The zero-order valence-electron chi connectivity index (χ0n) is 61.1. The Balaban J connectivity index is 0.000000143. The van der Waals surface area contributed by atoms with Gasteiger partial charge in [-0.3, -0.25) is 4.79 Å². The SMILES string of the molecule is CS(=O)(=O)c1ccc(-c2coc(=O)n2-c2ccc(F)cc2)cc1.CS(=O)(=O)c1ccc(-n2nc(C(F)(F)F)cc2-c2ccc(F)cc2)cc1.CS(=O)(=O)c1ccc(C2=C(c3ccccc3)C(=O)CC2)cc1.Cc1nc(-c2ccccc2)c(-c2ccc(S(N)(=O)=O)cc2)o1.NS(=O)(=O)c1ccc(-c2coc(=O)n2-c2ccc(F)cc2)cc1. The highest BCUT2D eigenvalue weighted by atomic mass is 32.2. The maximum Gasteiger partial charge on any atom is 0.435 e. The summed E-state index contributed by atoms with van der Waals surface area (Å²) in [5, 5.41) is 13.7. The molecule has 10 aromatic carbocycles. The third kappa shape index (κ3) is 20.6. The number of allylic oxidation sites excluding steroid dienone is 2. The fourth-order valence-electron chi connectivity index (χ4n) is 11.7. The molecule has 1 aliphatic carbocycles. The van der Waals surface area contributed by atoms with Gasteiger partial charge in [-0.1, -0.05) is 97.1 Å². The molecule has 0 aliphatic heterocycles. The van der Waals surface area contributed by atoms with Gasteiger partial charge in [0.25, 0.3) is 0 Å². The predicted molar refractivity (Wildman–Crippen MR) is 421 cm³/mol. The third-order valence-electron chi connectivity index (χ3n) is 17.4. The van der Waals surface area contributed by atoms with Crippen LogP contribution in [0, 0.1) is 24.4 Å². The van der Waals surface area contributed by atoms with Crippen molar-refractivity contribution in [3.63, 3.8) is 0 Å². The molecule has 596 valence electrons. The Morgan fingerprint density at radius 2 is 0.741 bits per heavy atom. The van der Waals surface area contributed by atoms with Crippen LogP contribution in [0.3, 0.4) is 0 Å². The molecule has 4 N–H and O–H groups in total. The van der Waals surface area contributed by atoms with Crippen LogP contribution in [0.1, 0.15) is 35.6 Å². The first-order valence-electron chi connectivity index (χ1n) is 34.1. The van der Waals surface area contributed by atoms with E-state index in [4.69, 9.17) is 23.5 Å². The van der Waals surface area contributed by atoms with E-state index in [0.717, 1.165) is 74.5 Å². The Bertz CT molecular complexity index is 6520. The number of sulfone groups is 3. The first-order chi connectivity index (χ1) is 54.7. The van der Waals surface area contributed by atoms with Gasteiger partial charge in [0.2, 0.25) is 20.0 Å². The van der Waals surface area contributed by atoms with Crippen molar-refractivity contribution < 1.29 is 86.5 Å². The average molecular weight is 1680 g/mol. The number of sulfonamides is 2. The van der Waals surface area contributed by atoms with Gasteiger partial charge in [-0.15, -0.1) is 0 Å². The number of Topliss-reactive ketones (excluding diaryl/α,β-unsaturated/α-hetero) is 1. The number of rotatable bonds is 15. The summed E-state index contributed by atoms with van der Waals surface area (Å²) in [5.74, 6) is -1.31. The van der Waals surface area contributed by atoms with Gasteiger partial charge in [0.1, 0.15) is 35.7 Å². The normalized spacial score (nSPS) is 12.5. The van der Waals surface area contributed by atoms with Crippen molar-refractivity contribution >= 4 is 66.5 Å². The van der Waals surface area contributed by atoms with Crippen molar-refractivity contribution in [1.82, 2.24) is 23.9 Å². The van der Waals surface area contributed by atoms with Gasteiger partial charge in [-0.2, -0.15) is 18.3 Å². The number of alkyl halides is 3. The van der Waals surface area contributed by atoms with Crippen LogP contribution in [-0.2, 0) is 60.5 Å². The number of primary sulfonamides is 2. The van der Waals surface area contributed by atoms with Crippen LogP contribution in [0.25, 0.3) is 84.6 Å². The number of hydrogen-bond acceptors (Lipinski definition) is 18.